The van der Waals surface area contributed by atoms with Crippen LogP contribution < -0.4 is 5.32 Å². The first-order valence-electron chi connectivity index (χ1n) is 5.86. The zero-order valence-corrected chi connectivity index (χ0v) is 11.5. The van der Waals surface area contributed by atoms with E-state index < -0.39 is 28.6 Å². The molecule has 1 aliphatic rings. The van der Waals surface area contributed by atoms with Crippen LogP contribution in [0.3, 0.4) is 0 Å². The monoisotopic (exact) mass is 302 g/mol. The highest BCUT2D eigenvalue weighted by Crippen LogP contribution is 2.19. The van der Waals surface area contributed by atoms with Gasteiger partial charge in [-0.3, -0.25) is 14.3 Å². The third-order valence-corrected chi connectivity index (χ3v) is 4.88. The fourth-order valence-corrected chi connectivity index (χ4v) is 3.48. The highest BCUT2D eigenvalue weighted by atomic mass is 32.2. The van der Waals surface area contributed by atoms with Gasteiger partial charge in [-0.25, -0.2) is 8.42 Å². The second-order valence-electron chi connectivity index (χ2n) is 4.35. The maximum absolute atomic E-state index is 12.4. The fraction of sp³-hybridized carbons (Fsp3) is 0.500. The number of hydrogen-bond donors (Lipinski definition) is 2. The lowest BCUT2D eigenvalue weighted by molar-refractivity contribution is -0.137. The van der Waals surface area contributed by atoms with Crippen LogP contribution in [-0.2, 0) is 26.2 Å². The highest BCUT2D eigenvalue weighted by Gasteiger charge is 2.36. The van der Waals surface area contributed by atoms with Crippen molar-refractivity contribution in [2.24, 2.45) is 0 Å². The van der Waals surface area contributed by atoms with Crippen LogP contribution in [0.25, 0.3) is 0 Å². The summed E-state index contributed by atoms with van der Waals surface area (Å²) in [5.74, 6) is -1.49. The number of carbonyl (C=O) groups is 2. The average molecular weight is 302 g/mol. The molecule has 110 valence electrons. The fourth-order valence-electron chi connectivity index (χ4n) is 1.93. The first-order chi connectivity index (χ1) is 9.32. The molecule has 9 nitrogen and oxygen atoms in total. The van der Waals surface area contributed by atoms with Crippen molar-refractivity contribution >= 4 is 21.9 Å². The SMILES string of the molecule is CC1C(=O)NCCN1S(=O)(=O)c1cnn(CC(=O)O)c1. The van der Waals surface area contributed by atoms with Crippen molar-refractivity contribution in [1.29, 1.82) is 0 Å². The van der Waals surface area contributed by atoms with Crippen molar-refractivity contribution in [3.8, 4) is 0 Å². The maximum Gasteiger partial charge on any atom is 0.325 e. The van der Waals surface area contributed by atoms with Crippen LogP contribution in [0.2, 0.25) is 0 Å². The van der Waals surface area contributed by atoms with E-state index in [-0.39, 0.29) is 23.9 Å². The van der Waals surface area contributed by atoms with Crippen LogP contribution in [0.4, 0.5) is 0 Å². The molecule has 0 aromatic carbocycles. The molecule has 1 fully saturated rings. The number of hydrogen-bond acceptors (Lipinski definition) is 5. The zero-order valence-electron chi connectivity index (χ0n) is 10.7. The molecule has 1 amide bonds. The average Bonchev–Trinajstić information content (AvgIpc) is 2.80. The molecule has 1 unspecified atom stereocenters. The molecule has 2 heterocycles. The quantitative estimate of drug-likeness (QED) is 0.696. The number of aromatic nitrogens is 2. The smallest absolute Gasteiger partial charge is 0.325 e. The molecule has 1 aromatic rings. The molecular weight excluding hydrogens is 288 g/mol. The van der Waals surface area contributed by atoms with Gasteiger partial charge >= 0.3 is 5.97 Å². The Morgan fingerprint density at radius 1 is 1.60 bits per heavy atom. The lowest BCUT2D eigenvalue weighted by Gasteiger charge is -2.31. The topological polar surface area (TPSA) is 122 Å². The van der Waals surface area contributed by atoms with Crippen LogP contribution in [0.1, 0.15) is 6.92 Å². The number of carboxylic acid groups (broad SMARTS) is 1. The molecule has 0 aliphatic carbocycles. The molecule has 1 atom stereocenters. The van der Waals surface area contributed by atoms with Crippen molar-refractivity contribution < 1.29 is 23.1 Å². The number of carboxylic acids is 1. The van der Waals surface area contributed by atoms with Crippen LogP contribution in [-0.4, -0.2) is 58.6 Å². The van der Waals surface area contributed by atoms with Crippen molar-refractivity contribution in [1.82, 2.24) is 19.4 Å². The van der Waals surface area contributed by atoms with Gasteiger partial charge in [-0.15, -0.1) is 0 Å². The molecule has 0 bridgehead atoms. The van der Waals surface area contributed by atoms with Gasteiger partial charge in [0, 0.05) is 19.3 Å². The molecule has 1 aromatic heterocycles. The number of piperazine rings is 1. The number of nitrogens with one attached hydrogen (secondary N) is 1. The molecule has 1 aliphatic heterocycles. The van der Waals surface area contributed by atoms with Gasteiger partial charge in [0.15, 0.2) is 0 Å². The molecule has 20 heavy (non-hydrogen) atoms. The number of carbonyl (C=O) groups excluding carboxylic acids is 1. The normalized spacial score (nSPS) is 20.6. The van der Waals surface area contributed by atoms with Gasteiger partial charge in [0.1, 0.15) is 17.5 Å². The molecule has 10 heteroatoms. The van der Waals surface area contributed by atoms with E-state index in [1.54, 1.807) is 0 Å². The molecule has 1 saturated heterocycles. The number of aliphatic carboxylic acids is 1. The van der Waals surface area contributed by atoms with E-state index in [9.17, 15) is 18.0 Å². The van der Waals surface area contributed by atoms with Crippen LogP contribution in [0.5, 0.6) is 0 Å². The van der Waals surface area contributed by atoms with Gasteiger partial charge in [-0.1, -0.05) is 0 Å². The molecule has 0 saturated carbocycles. The van der Waals surface area contributed by atoms with Gasteiger partial charge in [-0.2, -0.15) is 9.40 Å². The van der Waals surface area contributed by atoms with E-state index in [1.807, 2.05) is 0 Å². The lowest BCUT2D eigenvalue weighted by Crippen LogP contribution is -2.55. The van der Waals surface area contributed by atoms with E-state index in [2.05, 4.69) is 10.4 Å². The summed E-state index contributed by atoms with van der Waals surface area (Å²) in [5, 5.41) is 14.9. The molecule has 2 rings (SSSR count). The second kappa shape index (κ2) is 5.21. The third-order valence-electron chi connectivity index (χ3n) is 2.96. The first-order valence-corrected chi connectivity index (χ1v) is 7.30. The van der Waals surface area contributed by atoms with E-state index in [0.29, 0.717) is 0 Å². The Bertz CT molecular complexity index is 638. The summed E-state index contributed by atoms with van der Waals surface area (Å²) in [4.78, 5) is 21.9. The summed E-state index contributed by atoms with van der Waals surface area (Å²) in [5.41, 5.74) is 0. The summed E-state index contributed by atoms with van der Waals surface area (Å²) < 4.78 is 26.9. The van der Waals surface area contributed by atoms with Gasteiger partial charge in [0.2, 0.25) is 15.9 Å². The van der Waals surface area contributed by atoms with Crippen molar-refractivity contribution in [3.05, 3.63) is 12.4 Å². The summed E-state index contributed by atoms with van der Waals surface area (Å²) in [6.45, 7) is 1.48. The second-order valence-corrected chi connectivity index (χ2v) is 6.24. The number of rotatable bonds is 4. The predicted molar refractivity (Wildman–Crippen MR) is 66.2 cm³/mol. The van der Waals surface area contributed by atoms with Crippen molar-refractivity contribution in [2.45, 2.75) is 24.4 Å². The Morgan fingerprint density at radius 3 is 2.95 bits per heavy atom. The van der Waals surface area contributed by atoms with E-state index in [0.717, 1.165) is 21.4 Å². The lowest BCUT2D eigenvalue weighted by atomic mass is 10.2. The molecule has 0 spiro atoms. The minimum Gasteiger partial charge on any atom is -0.480 e. The standard InChI is InChI=1S/C10H14N4O5S/c1-7-10(17)11-2-3-14(7)20(18,19)8-4-12-13(5-8)6-9(15)16/h4-5,7H,2-3,6H2,1H3,(H,11,17)(H,15,16). The van der Waals surface area contributed by atoms with Crippen molar-refractivity contribution in [3.63, 3.8) is 0 Å². The van der Waals surface area contributed by atoms with Crippen LogP contribution in [0.15, 0.2) is 17.3 Å². The van der Waals surface area contributed by atoms with Gasteiger partial charge in [-0.05, 0) is 6.92 Å². The van der Waals surface area contributed by atoms with E-state index in [1.165, 1.54) is 6.92 Å². The van der Waals surface area contributed by atoms with Gasteiger partial charge in [0.05, 0.1) is 6.20 Å². The Morgan fingerprint density at radius 2 is 2.30 bits per heavy atom. The largest absolute Gasteiger partial charge is 0.480 e. The maximum atomic E-state index is 12.4. The van der Waals surface area contributed by atoms with E-state index >= 15 is 0 Å². The van der Waals surface area contributed by atoms with Crippen LogP contribution in [0, 0.1) is 0 Å². The molecular formula is C10H14N4O5S. The zero-order chi connectivity index (χ0) is 14.9. The van der Waals surface area contributed by atoms with E-state index in [4.69, 9.17) is 5.11 Å². The summed E-state index contributed by atoms with van der Waals surface area (Å²) in [7, 11) is -3.86. The Labute approximate surface area is 115 Å². The Hall–Kier alpha value is -1.94. The first kappa shape index (κ1) is 14.5. The van der Waals surface area contributed by atoms with Crippen molar-refractivity contribution in [2.75, 3.05) is 13.1 Å². The molecule has 2 N–H and O–H groups in total. The number of nitrogens with zero attached hydrogens (tertiary/aromatic N) is 3. The number of sulfonamides is 1. The van der Waals surface area contributed by atoms with Crippen LogP contribution >= 0.6 is 0 Å². The summed E-state index contributed by atoms with van der Waals surface area (Å²) in [6, 6.07) is -0.809. The minimum absolute atomic E-state index is 0.125. The third kappa shape index (κ3) is 2.65. The van der Waals surface area contributed by atoms with Gasteiger partial charge in [0.25, 0.3) is 0 Å². The summed E-state index contributed by atoms with van der Waals surface area (Å²) in [6.07, 6.45) is 2.22. The summed E-state index contributed by atoms with van der Waals surface area (Å²) >= 11 is 0. The molecule has 0 radical (unpaired) electrons. The van der Waals surface area contributed by atoms with Gasteiger partial charge < -0.3 is 10.4 Å². The Kier molecular flexibility index (Phi) is 3.77. The predicted octanol–water partition coefficient (Wildman–Crippen LogP) is -1.52. The highest BCUT2D eigenvalue weighted by molar-refractivity contribution is 7.89. The number of amides is 1. The minimum atomic E-state index is -3.86. The Balaban J connectivity index is 2.27.